The number of para-hydroxylation sites is 2. The molecule has 2 amide bonds. The molecule has 2 saturated carbocycles. The van der Waals surface area contributed by atoms with Crippen LogP contribution in [0.15, 0.2) is 66.2 Å². The normalized spacial score (nSPS) is 20.2. The summed E-state index contributed by atoms with van der Waals surface area (Å²) in [6.45, 7) is 3.17. The molecule has 1 heterocycles. The van der Waals surface area contributed by atoms with Crippen molar-refractivity contribution in [2.45, 2.75) is 31.9 Å². The van der Waals surface area contributed by atoms with Crippen LogP contribution in [0.5, 0.6) is 17.2 Å². The first-order chi connectivity index (χ1) is 19.5. The maximum Gasteiger partial charge on any atom is 0.431 e. The molecule has 0 spiro atoms. The second-order valence-corrected chi connectivity index (χ2v) is 10.3. The average Bonchev–Trinajstić information content (AvgIpc) is 3.88. The van der Waals surface area contributed by atoms with Crippen molar-refractivity contribution in [3.05, 3.63) is 77.6 Å². The summed E-state index contributed by atoms with van der Waals surface area (Å²) in [6.07, 6.45) is 0.152. The molecule has 2 aromatic rings. The fourth-order valence-electron chi connectivity index (χ4n) is 4.88. The Bertz CT molecular complexity index is 1530. The summed E-state index contributed by atoms with van der Waals surface area (Å²) in [4.78, 5) is 26.6. The molecule has 0 bridgehead atoms. The molecule has 0 N–H and O–H groups in total. The Morgan fingerprint density at radius 2 is 1.88 bits per heavy atom. The van der Waals surface area contributed by atoms with Gasteiger partial charge in [0.2, 0.25) is 0 Å². The van der Waals surface area contributed by atoms with Gasteiger partial charge in [0.15, 0.2) is 17.3 Å². The van der Waals surface area contributed by atoms with E-state index in [0.29, 0.717) is 21.8 Å². The van der Waals surface area contributed by atoms with Gasteiger partial charge in [0, 0.05) is 19.0 Å². The second-order valence-electron chi connectivity index (χ2n) is 10.3. The topological polar surface area (TPSA) is 82.9 Å². The highest BCUT2D eigenvalue weighted by atomic mass is 19.4. The molecule has 2 unspecified atom stereocenters. The van der Waals surface area contributed by atoms with Crippen LogP contribution in [-0.2, 0) is 4.79 Å². The molecule has 3 aliphatic rings. The van der Waals surface area contributed by atoms with Gasteiger partial charge in [0.1, 0.15) is 29.9 Å². The van der Waals surface area contributed by atoms with E-state index < -0.39 is 35.1 Å². The van der Waals surface area contributed by atoms with Crippen molar-refractivity contribution in [2.24, 2.45) is 17.8 Å². The Morgan fingerprint density at radius 1 is 1.17 bits per heavy atom. The molecule has 7 nitrogen and oxygen atoms in total. The maximum atomic E-state index is 15.2. The zero-order chi connectivity index (χ0) is 29.5. The number of carbonyl (C=O) groups excluding carboxylic acids is 2. The number of anilines is 1. The summed E-state index contributed by atoms with van der Waals surface area (Å²) in [5.41, 5.74) is -0.208. The first-order valence-electron chi connectivity index (χ1n) is 12.9. The van der Waals surface area contributed by atoms with E-state index in [1.165, 1.54) is 18.9 Å². The highest BCUT2D eigenvalue weighted by Gasteiger charge is 2.45. The van der Waals surface area contributed by atoms with Crippen molar-refractivity contribution in [1.82, 2.24) is 4.90 Å². The predicted octanol–water partition coefficient (Wildman–Crippen LogP) is 6.86. The number of alkyl halides is 3. The third-order valence-electron chi connectivity index (χ3n) is 7.34. The van der Waals surface area contributed by atoms with Crippen LogP contribution in [0.25, 0.3) is 0 Å². The lowest BCUT2D eigenvalue weighted by molar-refractivity contribution is -0.122. The molecule has 2 aliphatic carbocycles. The molecular weight excluding hydrogens is 542 g/mol. The van der Waals surface area contributed by atoms with Crippen molar-refractivity contribution in [3.8, 4) is 23.3 Å². The minimum Gasteiger partial charge on any atom is -0.482 e. The lowest BCUT2D eigenvalue weighted by Crippen LogP contribution is -2.47. The molecule has 2 atom stereocenters. The third-order valence-corrected chi connectivity index (χ3v) is 7.34. The zero-order valence-electron chi connectivity index (χ0n) is 22.0. The number of allylic oxidation sites excluding steroid dienone is 2. The van der Waals surface area contributed by atoms with Gasteiger partial charge in [-0.05, 0) is 49.0 Å². The summed E-state index contributed by atoms with van der Waals surface area (Å²) in [5.74, 6) is 0.199. The van der Waals surface area contributed by atoms with Gasteiger partial charge in [-0.15, -0.1) is 5.73 Å². The molecule has 41 heavy (non-hydrogen) atoms. The van der Waals surface area contributed by atoms with E-state index in [2.05, 4.69) is 12.3 Å². The number of urea groups is 1. The number of ketones is 1. The number of amides is 2. The molecule has 0 aromatic heterocycles. The van der Waals surface area contributed by atoms with Gasteiger partial charge in [-0.2, -0.15) is 18.4 Å². The van der Waals surface area contributed by atoms with E-state index in [0.717, 1.165) is 37.9 Å². The van der Waals surface area contributed by atoms with Crippen LogP contribution in [0, 0.1) is 34.9 Å². The van der Waals surface area contributed by atoms with Gasteiger partial charge in [0.25, 0.3) is 0 Å². The molecule has 11 heteroatoms. The van der Waals surface area contributed by atoms with Crippen LogP contribution in [-0.4, -0.2) is 36.5 Å². The third kappa shape index (κ3) is 5.83. The average molecular weight is 568 g/mol. The minimum absolute atomic E-state index is 0.00464. The van der Waals surface area contributed by atoms with Gasteiger partial charge in [0.05, 0.1) is 16.9 Å². The van der Waals surface area contributed by atoms with Crippen LogP contribution < -0.4 is 14.4 Å². The Morgan fingerprint density at radius 3 is 2.51 bits per heavy atom. The van der Waals surface area contributed by atoms with Gasteiger partial charge >= 0.3 is 12.2 Å². The first-order valence-corrected chi connectivity index (χ1v) is 12.9. The van der Waals surface area contributed by atoms with Gasteiger partial charge < -0.3 is 9.47 Å². The summed E-state index contributed by atoms with van der Waals surface area (Å²) < 4.78 is 67.2. The molecule has 212 valence electrons. The summed E-state index contributed by atoms with van der Waals surface area (Å²) in [6, 6.07) is 8.79. The lowest BCUT2D eigenvalue weighted by atomic mass is 10.1. The van der Waals surface area contributed by atoms with Crippen LogP contribution in [0.4, 0.5) is 28.0 Å². The Labute approximate surface area is 233 Å². The van der Waals surface area contributed by atoms with E-state index >= 15 is 4.39 Å². The molecule has 1 aliphatic heterocycles. The van der Waals surface area contributed by atoms with Gasteiger partial charge in [-0.25, -0.2) is 9.18 Å². The molecule has 2 fully saturated rings. The maximum absolute atomic E-state index is 15.2. The summed E-state index contributed by atoms with van der Waals surface area (Å²) >= 11 is 0. The predicted molar refractivity (Wildman–Crippen MR) is 139 cm³/mol. The largest absolute Gasteiger partial charge is 0.482 e. The number of hydrogen-bond donors (Lipinski definition) is 0. The fourth-order valence-corrected chi connectivity index (χ4v) is 4.88. The van der Waals surface area contributed by atoms with E-state index in [1.54, 1.807) is 18.2 Å². The molecule has 0 radical (unpaired) electrons. The van der Waals surface area contributed by atoms with Gasteiger partial charge in [-0.3, -0.25) is 14.6 Å². The quantitative estimate of drug-likeness (QED) is 0.244. The second kappa shape index (κ2) is 10.8. The minimum atomic E-state index is -4.86. The van der Waals surface area contributed by atoms with Crippen LogP contribution >= 0.6 is 0 Å². The van der Waals surface area contributed by atoms with Crippen LogP contribution in [0.2, 0.25) is 0 Å². The molecule has 2 aromatic carbocycles. The number of carbonyl (C=O) groups is 2. The molecule has 5 rings (SSSR count). The zero-order valence-corrected chi connectivity index (χ0v) is 22.0. The number of hydrogen-bond acceptors (Lipinski definition) is 5. The highest BCUT2D eigenvalue weighted by Crippen LogP contribution is 2.49. The van der Waals surface area contributed by atoms with Crippen LogP contribution in [0.3, 0.4) is 0 Å². The SMILES string of the molecule is C=C=C1C=C(C(F)(F)F)N(C)C(=O)N1c1cc(Oc2ccccc2OCC(=O)C2CC2CC2CC2)c(C#N)cc1F. The number of Topliss-reactive ketones (excluding diaryl/α,β-unsaturated/α-hetero) is 1. The van der Waals surface area contributed by atoms with Crippen LogP contribution in [0.1, 0.15) is 31.2 Å². The Kier molecular flexibility index (Phi) is 7.37. The van der Waals surface area contributed by atoms with Crippen molar-refractivity contribution in [1.29, 1.82) is 5.26 Å². The van der Waals surface area contributed by atoms with Crippen molar-refractivity contribution >= 4 is 17.5 Å². The number of ether oxygens (including phenoxy) is 2. The van der Waals surface area contributed by atoms with E-state index in [-0.39, 0.29) is 41.1 Å². The van der Waals surface area contributed by atoms with E-state index in [4.69, 9.17) is 9.47 Å². The standard InChI is InChI=1S/C30H25F4N3O4/c1-3-20-13-28(30(32,33)34)36(2)29(39)37(20)23-14-27(19(15-35)12-22(23)31)41-26-7-5-4-6-25(26)40-16-24(38)21-11-18(21)10-17-8-9-17/h4-7,12-14,17-18,21H,1,8-11,16H2,2H3. The molecule has 0 saturated heterocycles. The van der Waals surface area contributed by atoms with E-state index in [9.17, 15) is 28.0 Å². The van der Waals surface area contributed by atoms with Crippen molar-refractivity contribution in [2.75, 3.05) is 18.6 Å². The Hall–Kier alpha value is -4.55. The Balaban J connectivity index is 1.40. The number of nitriles is 1. The van der Waals surface area contributed by atoms with Crippen molar-refractivity contribution < 1.29 is 36.6 Å². The first kappa shape index (κ1) is 28.0. The fraction of sp³-hybridized carbons (Fsp3) is 0.333. The summed E-state index contributed by atoms with van der Waals surface area (Å²) in [5, 5.41) is 9.62. The van der Waals surface area contributed by atoms with Crippen molar-refractivity contribution in [3.63, 3.8) is 0 Å². The summed E-state index contributed by atoms with van der Waals surface area (Å²) in [7, 11) is 0.901. The molecular formula is C30H25F4N3O4. The smallest absolute Gasteiger partial charge is 0.431 e. The monoisotopic (exact) mass is 567 g/mol. The number of halogens is 4. The number of nitrogens with zero attached hydrogens (tertiary/aromatic N) is 3. The number of benzene rings is 2. The lowest BCUT2D eigenvalue weighted by Gasteiger charge is -2.35. The number of rotatable bonds is 9. The highest BCUT2D eigenvalue weighted by molar-refractivity contribution is 5.99. The van der Waals surface area contributed by atoms with Gasteiger partial charge in [-0.1, -0.05) is 31.6 Å². The van der Waals surface area contributed by atoms with E-state index in [1.807, 2.05) is 6.07 Å².